The van der Waals surface area contributed by atoms with E-state index < -0.39 is 6.04 Å². The second-order valence-electron chi connectivity index (χ2n) is 7.57. The van der Waals surface area contributed by atoms with Gasteiger partial charge in [0.05, 0.1) is 6.42 Å². The van der Waals surface area contributed by atoms with E-state index in [-0.39, 0.29) is 18.2 Å². The molecule has 0 aliphatic carbocycles. The van der Waals surface area contributed by atoms with Crippen molar-refractivity contribution in [3.8, 4) is 0 Å². The summed E-state index contributed by atoms with van der Waals surface area (Å²) in [6, 6.07) is 24.3. The van der Waals surface area contributed by atoms with Crippen LogP contribution in [0, 0.1) is 6.92 Å². The lowest BCUT2D eigenvalue weighted by atomic mass is 10.0. The molecule has 0 radical (unpaired) electrons. The van der Waals surface area contributed by atoms with Gasteiger partial charge < -0.3 is 10.2 Å². The first-order valence-electron chi connectivity index (χ1n) is 10.3. The zero-order valence-corrected chi connectivity index (χ0v) is 18.6. The Bertz CT molecular complexity index is 1020. The number of likely N-dealkylation sites (N-methyl/N-ethyl adjacent to an activating group) is 1. The lowest BCUT2D eigenvalue weighted by Gasteiger charge is -2.31. The van der Waals surface area contributed by atoms with Gasteiger partial charge in [0.25, 0.3) is 0 Å². The molecular formula is C26H27ClN2O2. The van der Waals surface area contributed by atoms with Crippen LogP contribution in [0.2, 0.25) is 5.02 Å². The van der Waals surface area contributed by atoms with Gasteiger partial charge in [-0.1, -0.05) is 78.3 Å². The summed E-state index contributed by atoms with van der Waals surface area (Å²) in [5, 5.41) is 3.37. The summed E-state index contributed by atoms with van der Waals surface area (Å²) in [6.07, 6.45) is 0.643. The minimum atomic E-state index is -0.619. The molecule has 2 amide bonds. The first-order chi connectivity index (χ1) is 15.0. The van der Waals surface area contributed by atoms with Crippen LogP contribution in [0.25, 0.3) is 0 Å². The summed E-state index contributed by atoms with van der Waals surface area (Å²) < 4.78 is 0. The van der Waals surface area contributed by atoms with Gasteiger partial charge in [0.2, 0.25) is 11.8 Å². The van der Waals surface area contributed by atoms with E-state index >= 15 is 0 Å². The van der Waals surface area contributed by atoms with E-state index in [0.717, 1.165) is 22.3 Å². The molecule has 1 unspecified atom stereocenters. The topological polar surface area (TPSA) is 49.4 Å². The maximum atomic E-state index is 13.5. The van der Waals surface area contributed by atoms with Crippen molar-refractivity contribution >= 4 is 23.4 Å². The maximum Gasteiger partial charge on any atom is 0.242 e. The average Bonchev–Trinajstić information content (AvgIpc) is 2.79. The number of hydrogen-bond donors (Lipinski definition) is 1. The van der Waals surface area contributed by atoms with E-state index in [1.54, 1.807) is 24.1 Å². The second-order valence-corrected chi connectivity index (χ2v) is 8.01. The van der Waals surface area contributed by atoms with Crippen LogP contribution >= 0.6 is 11.6 Å². The van der Waals surface area contributed by atoms with Crippen LogP contribution in [0.1, 0.15) is 22.3 Å². The Labute approximate surface area is 188 Å². The van der Waals surface area contributed by atoms with Gasteiger partial charge in [-0.2, -0.15) is 0 Å². The number of carbonyl (C=O) groups excluding carboxylic acids is 2. The first kappa shape index (κ1) is 22.6. The number of halogens is 1. The van der Waals surface area contributed by atoms with Crippen molar-refractivity contribution in [1.82, 2.24) is 10.2 Å². The lowest BCUT2D eigenvalue weighted by molar-refractivity contribution is -0.140. The average molecular weight is 435 g/mol. The highest BCUT2D eigenvalue weighted by Gasteiger charge is 2.30. The smallest absolute Gasteiger partial charge is 0.242 e. The highest BCUT2D eigenvalue weighted by Crippen LogP contribution is 2.19. The molecule has 0 aliphatic rings. The fourth-order valence-corrected chi connectivity index (χ4v) is 3.70. The van der Waals surface area contributed by atoms with Crippen LogP contribution in [-0.2, 0) is 29.0 Å². The molecule has 3 rings (SSSR count). The zero-order chi connectivity index (χ0) is 22.2. The third-order valence-corrected chi connectivity index (χ3v) is 5.64. The Morgan fingerprint density at radius 3 is 2.19 bits per heavy atom. The SMILES string of the molecule is CNC(=O)C(Cc1ccccc1)N(Cc1ccccc1C)C(=O)Cc1ccc(Cl)cc1. The molecule has 1 N–H and O–H groups in total. The molecule has 0 saturated carbocycles. The fraction of sp³-hybridized carbons (Fsp3) is 0.231. The summed E-state index contributed by atoms with van der Waals surface area (Å²) in [5.41, 5.74) is 3.97. The molecular weight excluding hydrogens is 408 g/mol. The number of amides is 2. The molecule has 1 atom stereocenters. The predicted molar refractivity (Wildman–Crippen MR) is 125 cm³/mol. The number of rotatable bonds is 8. The molecule has 0 aliphatic heterocycles. The van der Waals surface area contributed by atoms with Crippen molar-refractivity contribution in [2.24, 2.45) is 0 Å². The Balaban J connectivity index is 1.94. The second kappa shape index (κ2) is 10.8. The van der Waals surface area contributed by atoms with Gasteiger partial charge in [0, 0.05) is 25.0 Å². The highest BCUT2D eigenvalue weighted by molar-refractivity contribution is 6.30. The molecule has 0 heterocycles. The van der Waals surface area contributed by atoms with Crippen molar-refractivity contribution < 1.29 is 9.59 Å². The quantitative estimate of drug-likeness (QED) is 0.564. The number of nitrogens with one attached hydrogen (secondary N) is 1. The molecule has 5 heteroatoms. The zero-order valence-electron chi connectivity index (χ0n) is 17.8. The molecule has 0 aromatic heterocycles. The molecule has 160 valence electrons. The molecule has 3 aromatic rings. The van der Waals surface area contributed by atoms with Crippen LogP contribution in [0.3, 0.4) is 0 Å². The van der Waals surface area contributed by atoms with Gasteiger partial charge in [-0.05, 0) is 41.3 Å². The van der Waals surface area contributed by atoms with E-state index in [2.05, 4.69) is 5.32 Å². The summed E-state index contributed by atoms with van der Waals surface area (Å²) >= 11 is 5.99. The van der Waals surface area contributed by atoms with E-state index in [9.17, 15) is 9.59 Å². The standard InChI is InChI=1S/C26H27ClN2O2/c1-19-8-6-7-11-22(19)18-29(25(30)17-21-12-14-23(27)15-13-21)24(26(31)28-2)16-20-9-4-3-5-10-20/h3-15,24H,16-18H2,1-2H3,(H,28,31). The van der Waals surface area contributed by atoms with Gasteiger partial charge >= 0.3 is 0 Å². The van der Waals surface area contributed by atoms with E-state index in [1.165, 1.54) is 0 Å². The van der Waals surface area contributed by atoms with Gasteiger partial charge in [-0.15, -0.1) is 0 Å². The third kappa shape index (κ3) is 6.19. The first-order valence-corrected chi connectivity index (χ1v) is 10.7. The van der Waals surface area contributed by atoms with Crippen molar-refractivity contribution in [1.29, 1.82) is 0 Å². The largest absolute Gasteiger partial charge is 0.357 e. The number of nitrogens with zero attached hydrogens (tertiary/aromatic N) is 1. The van der Waals surface area contributed by atoms with E-state index in [1.807, 2.05) is 73.7 Å². The van der Waals surface area contributed by atoms with Crippen molar-refractivity contribution in [2.75, 3.05) is 7.05 Å². The van der Waals surface area contributed by atoms with E-state index in [0.29, 0.717) is 18.0 Å². The van der Waals surface area contributed by atoms with Gasteiger partial charge in [0.15, 0.2) is 0 Å². The molecule has 4 nitrogen and oxygen atoms in total. The minimum absolute atomic E-state index is 0.102. The summed E-state index contributed by atoms with van der Waals surface area (Å²) in [7, 11) is 1.61. The molecule has 0 saturated heterocycles. The van der Waals surface area contributed by atoms with Crippen LogP contribution in [0.5, 0.6) is 0 Å². The van der Waals surface area contributed by atoms with Crippen molar-refractivity contribution in [3.05, 3.63) is 106 Å². The Hall–Kier alpha value is -3.11. The number of carbonyl (C=O) groups is 2. The van der Waals surface area contributed by atoms with Crippen LogP contribution < -0.4 is 5.32 Å². The van der Waals surface area contributed by atoms with Gasteiger partial charge in [0.1, 0.15) is 6.04 Å². The number of benzene rings is 3. The fourth-order valence-electron chi connectivity index (χ4n) is 3.57. The van der Waals surface area contributed by atoms with Crippen LogP contribution in [0.4, 0.5) is 0 Å². The third-order valence-electron chi connectivity index (χ3n) is 5.39. The lowest BCUT2D eigenvalue weighted by Crippen LogP contribution is -2.50. The van der Waals surface area contributed by atoms with Crippen LogP contribution in [-0.4, -0.2) is 29.8 Å². The van der Waals surface area contributed by atoms with E-state index in [4.69, 9.17) is 11.6 Å². The summed E-state index contributed by atoms with van der Waals surface area (Å²) in [4.78, 5) is 28.1. The molecule has 3 aromatic carbocycles. The normalized spacial score (nSPS) is 11.6. The Morgan fingerprint density at radius 2 is 1.55 bits per heavy atom. The molecule has 0 fully saturated rings. The highest BCUT2D eigenvalue weighted by atomic mass is 35.5. The molecule has 0 bridgehead atoms. The number of hydrogen-bond acceptors (Lipinski definition) is 2. The van der Waals surface area contributed by atoms with Gasteiger partial charge in [-0.25, -0.2) is 0 Å². The van der Waals surface area contributed by atoms with Crippen LogP contribution in [0.15, 0.2) is 78.9 Å². The monoisotopic (exact) mass is 434 g/mol. The maximum absolute atomic E-state index is 13.5. The summed E-state index contributed by atoms with van der Waals surface area (Å²) in [6.45, 7) is 2.38. The van der Waals surface area contributed by atoms with Crippen molar-refractivity contribution in [3.63, 3.8) is 0 Å². The predicted octanol–water partition coefficient (Wildman–Crippen LogP) is 4.58. The van der Waals surface area contributed by atoms with Gasteiger partial charge in [-0.3, -0.25) is 9.59 Å². The summed E-state index contributed by atoms with van der Waals surface area (Å²) in [5.74, 6) is -0.281. The Morgan fingerprint density at radius 1 is 0.903 bits per heavy atom. The Kier molecular flexibility index (Phi) is 7.85. The molecule has 0 spiro atoms. The van der Waals surface area contributed by atoms with Crippen molar-refractivity contribution in [2.45, 2.75) is 32.4 Å². The molecule has 31 heavy (non-hydrogen) atoms. The number of aryl methyl sites for hydroxylation is 1. The minimum Gasteiger partial charge on any atom is -0.357 e.